The van der Waals surface area contributed by atoms with Crippen LogP contribution in [0, 0.1) is 11.3 Å². The fraction of sp³-hybridized carbons (Fsp3) is 0.0250. The van der Waals surface area contributed by atoms with E-state index in [0.717, 1.165) is 66.6 Å². The Balaban J connectivity index is 1.46. The first kappa shape index (κ1) is 28.3. The van der Waals surface area contributed by atoms with Crippen molar-refractivity contribution in [3.63, 3.8) is 0 Å². The third kappa shape index (κ3) is 4.82. The van der Waals surface area contributed by atoms with Crippen LogP contribution in [0.15, 0.2) is 121 Å². The zero-order chi connectivity index (χ0) is 32.1. The molecule has 5 aromatic carbocycles. The molecule has 0 amide bonds. The molecule has 0 bridgehead atoms. The summed E-state index contributed by atoms with van der Waals surface area (Å²) >= 11 is 6.53. The number of hydrogen-bond acceptors (Lipinski definition) is 5. The molecule has 0 radical (unpaired) electrons. The first-order valence-corrected chi connectivity index (χ1v) is 15.4. The van der Waals surface area contributed by atoms with Gasteiger partial charge in [-0.15, -0.1) is 0 Å². The predicted octanol–water partition coefficient (Wildman–Crippen LogP) is 10.0. The second-order valence-electron chi connectivity index (χ2n) is 11.3. The molecule has 3 aromatic heterocycles. The van der Waals surface area contributed by atoms with Crippen molar-refractivity contribution in [3.05, 3.63) is 132 Å². The van der Waals surface area contributed by atoms with E-state index in [-0.39, 0.29) is 5.56 Å². The van der Waals surface area contributed by atoms with E-state index in [1.54, 1.807) is 7.11 Å². The topological polar surface area (TPSA) is 101 Å². The summed E-state index contributed by atoms with van der Waals surface area (Å²) in [6.45, 7) is 0. The zero-order valence-electron chi connectivity index (χ0n) is 25.3. The minimum absolute atomic E-state index is 0.275. The van der Waals surface area contributed by atoms with Crippen molar-refractivity contribution in [1.82, 2.24) is 15.0 Å². The Bertz CT molecular complexity index is 2540. The SMILES string of the molecule is COc1ccc2cc(-c3cc(-c4ccccc4)nc4nc(-c5c(-c6ccccc6)[nH]c6ccc(Cl)cc56)c(C#N)c(N)c34)ccc2c1. The van der Waals surface area contributed by atoms with E-state index in [2.05, 4.69) is 29.3 Å². The summed E-state index contributed by atoms with van der Waals surface area (Å²) in [5.74, 6) is 0.791. The summed E-state index contributed by atoms with van der Waals surface area (Å²) < 4.78 is 5.44. The number of nitrogen functional groups attached to an aromatic ring is 1. The molecular formula is C40H26ClN5O. The highest BCUT2D eigenvalue weighted by molar-refractivity contribution is 6.31. The van der Waals surface area contributed by atoms with E-state index >= 15 is 0 Å². The van der Waals surface area contributed by atoms with Gasteiger partial charge in [0.2, 0.25) is 0 Å². The van der Waals surface area contributed by atoms with Gasteiger partial charge in [0.25, 0.3) is 0 Å². The number of aromatic amines is 1. The number of nitrogens with one attached hydrogen (secondary N) is 1. The first-order valence-electron chi connectivity index (χ1n) is 15.1. The number of pyridine rings is 2. The molecular weight excluding hydrogens is 602 g/mol. The molecule has 0 aliphatic carbocycles. The van der Waals surface area contributed by atoms with Crippen LogP contribution in [0.2, 0.25) is 5.02 Å². The Morgan fingerprint density at radius 2 is 1.49 bits per heavy atom. The molecule has 47 heavy (non-hydrogen) atoms. The number of nitrogens with two attached hydrogens (primary N) is 1. The molecule has 7 heteroatoms. The van der Waals surface area contributed by atoms with Crippen LogP contribution in [0.4, 0.5) is 5.69 Å². The van der Waals surface area contributed by atoms with Crippen molar-refractivity contribution >= 4 is 50.0 Å². The lowest BCUT2D eigenvalue weighted by molar-refractivity contribution is 0.415. The number of hydrogen-bond donors (Lipinski definition) is 2. The number of nitrogens with zero attached hydrogens (tertiary/aromatic N) is 3. The van der Waals surface area contributed by atoms with Crippen molar-refractivity contribution in [2.45, 2.75) is 0 Å². The minimum Gasteiger partial charge on any atom is -0.497 e. The molecule has 0 saturated carbocycles. The number of methoxy groups -OCH3 is 1. The monoisotopic (exact) mass is 627 g/mol. The molecule has 0 fully saturated rings. The summed E-state index contributed by atoms with van der Waals surface area (Å²) in [5, 5.41) is 14.8. The molecule has 3 heterocycles. The van der Waals surface area contributed by atoms with Gasteiger partial charge in [0.1, 0.15) is 17.4 Å². The smallest absolute Gasteiger partial charge is 0.163 e. The van der Waals surface area contributed by atoms with Gasteiger partial charge in [0.15, 0.2) is 5.65 Å². The van der Waals surface area contributed by atoms with Crippen LogP contribution in [0.5, 0.6) is 5.75 Å². The molecule has 8 aromatic rings. The van der Waals surface area contributed by atoms with Gasteiger partial charge in [0.05, 0.1) is 35.3 Å². The molecule has 6 nitrogen and oxygen atoms in total. The van der Waals surface area contributed by atoms with Crippen molar-refractivity contribution in [2.75, 3.05) is 12.8 Å². The zero-order valence-corrected chi connectivity index (χ0v) is 26.0. The quantitative estimate of drug-likeness (QED) is 0.198. The molecule has 3 N–H and O–H groups in total. The van der Waals surface area contributed by atoms with Crippen molar-refractivity contribution in [3.8, 4) is 56.7 Å². The number of rotatable bonds is 5. The average Bonchev–Trinajstić information content (AvgIpc) is 3.49. The second-order valence-corrected chi connectivity index (χ2v) is 11.8. The number of anilines is 1. The van der Waals surface area contributed by atoms with Gasteiger partial charge in [-0.1, -0.05) is 90.5 Å². The second kappa shape index (κ2) is 11.3. The standard InChI is InChI=1S/C40H26ClN5O/c1-47-29-16-14-25-18-27(13-12-26(25)19-29)30-21-34(23-8-4-2-5-9-23)45-40-35(30)37(43)32(22-42)39(46-40)36-31-20-28(41)15-17-33(31)44-38(36)24-10-6-3-7-11-24/h2-21,44H,1H3,(H2,43,45,46). The lowest BCUT2D eigenvalue weighted by atomic mass is 9.93. The third-order valence-electron chi connectivity index (χ3n) is 8.59. The Kier molecular flexibility index (Phi) is 6.83. The number of H-pyrrole nitrogens is 1. The fourth-order valence-corrected chi connectivity index (χ4v) is 6.49. The van der Waals surface area contributed by atoms with E-state index in [9.17, 15) is 5.26 Å². The molecule has 0 unspecified atom stereocenters. The van der Waals surface area contributed by atoms with Gasteiger partial charge >= 0.3 is 0 Å². The number of aromatic nitrogens is 3. The van der Waals surface area contributed by atoms with Gasteiger partial charge < -0.3 is 15.5 Å². The van der Waals surface area contributed by atoms with Gasteiger partial charge in [0, 0.05) is 27.1 Å². The average molecular weight is 628 g/mol. The highest BCUT2D eigenvalue weighted by Crippen LogP contribution is 2.44. The first-order chi connectivity index (χ1) is 23.0. The summed E-state index contributed by atoms with van der Waals surface area (Å²) in [5.41, 5.74) is 15.3. The molecule has 224 valence electrons. The van der Waals surface area contributed by atoms with E-state index in [0.29, 0.717) is 27.4 Å². The van der Waals surface area contributed by atoms with Gasteiger partial charge in [-0.2, -0.15) is 5.26 Å². The number of benzene rings is 5. The summed E-state index contributed by atoms with van der Waals surface area (Å²) in [6.07, 6.45) is 0. The van der Waals surface area contributed by atoms with E-state index in [4.69, 9.17) is 32.0 Å². The minimum atomic E-state index is 0.275. The number of ether oxygens (including phenoxy) is 1. The molecule has 0 saturated heterocycles. The molecule has 0 spiro atoms. The predicted molar refractivity (Wildman–Crippen MR) is 191 cm³/mol. The summed E-state index contributed by atoms with van der Waals surface area (Å²) in [7, 11) is 1.66. The van der Waals surface area contributed by atoms with Crippen LogP contribution in [0.1, 0.15) is 5.56 Å². The van der Waals surface area contributed by atoms with Crippen molar-refractivity contribution in [2.24, 2.45) is 0 Å². The maximum Gasteiger partial charge on any atom is 0.163 e. The highest BCUT2D eigenvalue weighted by atomic mass is 35.5. The van der Waals surface area contributed by atoms with Crippen LogP contribution in [-0.2, 0) is 0 Å². The van der Waals surface area contributed by atoms with Crippen molar-refractivity contribution < 1.29 is 4.74 Å². The van der Waals surface area contributed by atoms with Gasteiger partial charge in [-0.3, -0.25) is 0 Å². The van der Waals surface area contributed by atoms with E-state index in [1.165, 1.54) is 0 Å². The number of nitriles is 1. The lowest BCUT2D eigenvalue weighted by Gasteiger charge is -2.16. The van der Waals surface area contributed by atoms with Crippen LogP contribution in [0.3, 0.4) is 0 Å². The van der Waals surface area contributed by atoms with E-state index in [1.807, 2.05) is 103 Å². The Morgan fingerprint density at radius 1 is 0.766 bits per heavy atom. The molecule has 0 atom stereocenters. The largest absolute Gasteiger partial charge is 0.497 e. The lowest BCUT2D eigenvalue weighted by Crippen LogP contribution is -2.03. The molecule has 8 rings (SSSR count). The van der Waals surface area contributed by atoms with Crippen LogP contribution in [0.25, 0.3) is 77.6 Å². The van der Waals surface area contributed by atoms with Crippen LogP contribution in [-0.4, -0.2) is 22.1 Å². The molecule has 0 aliphatic heterocycles. The third-order valence-corrected chi connectivity index (χ3v) is 8.83. The fourth-order valence-electron chi connectivity index (χ4n) is 6.32. The number of fused-ring (bicyclic) bond motifs is 3. The van der Waals surface area contributed by atoms with Crippen LogP contribution < -0.4 is 10.5 Å². The maximum atomic E-state index is 10.7. The highest BCUT2D eigenvalue weighted by Gasteiger charge is 2.25. The van der Waals surface area contributed by atoms with Crippen LogP contribution >= 0.6 is 11.6 Å². The Labute approximate surface area is 275 Å². The van der Waals surface area contributed by atoms with Gasteiger partial charge in [-0.05, 0) is 69.9 Å². The Hall–Kier alpha value is -6.16. The number of halogens is 1. The maximum absolute atomic E-state index is 10.7. The summed E-state index contributed by atoms with van der Waals surface area (Å²) in [6, 6.07) is 42.3. The van der Waals surface area contributed by atoms with Gasteiger partial charge in [-0.25, -0.2) is 9.97 Å². The summed E-state index contributed by atoms with van der Waals surface area (Å²) in [4.78, 5) is 13.8. The van der Waals surface area contributed by atoms with Crippen molar-refractivity contribution in [1.29, 1.82) is 5.26 Å². The normalized spacial score (nSPS) is 11.3. The molecule has 0 aliphatic rings. The Morgan fingerprint density at radius 3 is 2.23 bits per heavy atom. The van der Waals surface area contributed by atoms with E-state index < -0.39 is 0 Å².